The highest BCUT2D eigenvalue weighted by molar-refractivity contribution is 7.47. The number of aliphatic hydroxyl groups excluding tert-OH is 1. The smallest absolute Gasteiger partial charge is 0.462 e. The standard InChI is InChI=1S/C77H134O17P2/c1-5-9-13-17-21-25-29-32-34-35-37-39-43-46-50-54-58-62-75(80)88-68-73(94-77(82)64-60-56-52-48-44-40-36-33-30-26-22-18-14-10-6-2)70-92-96(85,86)90-66-71(78)65-89-95(83,84)91-69-72(93-76(81)63-59-55-51-47-41-28-24-20-16-12-8-4)67-87-74(79)61-57-53-49-45-42-38-31-27-23-19-15-11-7-3/h9-10,13-14,21-22,25-27,31-34,36,44,48,71-73,78H,5-8,11-12,15-20,23-24,28-30,35,37-43,45-47,49-70H2,1-4H3,(H,83,84)(H,85,86)/b13-9-,14-10-,25-21-,26-22-,31-27-,34-32-,36-33-,48-44-. The highest BCUT2D eigenvalue weighted by Gasteiger charge is 2.30. The number of carbonyl (C=O) groups excluding carboxylic acids is 4. The molecule has 0 aliphatic carbocycles. The Morgan fingerprint density at radius 1 is 0.302 bits per heavy atom. The van der Waals surface area contributed by atoms with Crippen LogP contribution in [0.4, 0.5) is 0 Å². The fraction of sp³-hybridized carbons (Fsp3) is 0.740. The number of ether oxygens (including phenoxy) is 4. The average molecular weight is 1390 g/mol. The Hall–Kier alpha value is -4.02. The third-order valence-electron chi connectivity index (χ3n) is 15.5. The lowest BCUT2D eigenvalue weighted by molar-refractivity contribution is -0.161. The number of carbonyl (C=O) groups is 4. The molecule has 0 heterocycles. The first kappa shape index (κ1) is 92.0. The summed E-state index contributed by atoms with van der Waals surface area (Å²) >= 11 is 0. The molecule has 0 aromatic carbocycles. The zero-order valence-electron chi connectivity index (χ0n) is 60.3. The fourth-order valence-electron chi connectivity index (χ4n) is 9.87. The second-order valence-electron chi connectivity index (χ2n) is 24.8. The molecule has 96 heavy (non-hydrogen) atoms. The minimum absolute atomic E-state index is 0.0402. The molecule has 17 nitrogen and oxygen atoms in total. The summed E-state index contributed by atoms with van der Waals surface area (Å²) in [6.07, 6.45) is 71.2. The number of unbranched alkanes of at least 4 members (excludes halogenated alkanes) is 28. The van der Waals surface area contributed by atoms with E-state index in [1.165, 1.54) is 64.2 Å². The summed E-state index contributed by atoms with van der Waals surface area (Å²) < 4.78 is 68.3. The summed E-state index contributed by atoms with van der Waals surface area (Å²) in [6.45, 7) is 4.57. The Morgan fingerprint density at radius 3 is 0.875 bits per heavy atom. The zero-order chi connectivity index (χ0) is 70.4. The number of hydrogen-bond donors (Lipinski definition) is 3. The van der Waals surface area contributed by atoms with Crippen LogP contribution in [0, 0.1) is 0 Å². The summed E-state index contributed by atoms with van der Waals surface area (Å²) in [4.78, 5) is 72.7. The van der Waals surface area contributed by atoms with Crippen molar-refractivity contribution in [2.45, 2.75) is 329 Å². The molecule has 3 N–H and O–H groups in total. The molecule has 0 aliphatic heterocycles. The number of phosphoric ester groups is 2. The predicted molar refractivity (Wildman–Crippen MR) is 390 cm³/mol. The van der Waals surface area contributed by atoms with E-state index in [0.717, 1.165) is 161 Å². The maximum absolute atomic E-state index is 13.1. The molecule has 0 bridgehead atoms. The molecule has 0 saturated carbocycles. The summed E-state index contributed by atoms with van der Waals surface area (Å²) in [6, 6.07) is 0. The topological polar surface area (TPSA) is 237 Å². The van der Waals surface area contributed by atoms with Crippen molar-refractivity contribution in [3.63, 3.8) is 0 Å². The number of phosphoric acid groups is 2. The van der Waals surface area contributed by atoms with E-state index in [-0.39, 0.29) is 25.7 Å². The van der Waals surface area contributed by atoms with Crippen LogP contribution in [0.2, 0.25) is 0 Å². The molecule has 0 saturated heterocycles. The second-order valence-corrected chi connectivity index (χ2v) is 27.7. The van der Waals surface area contributed by atoms with E-state index in [2.05, 4.69) is 125 Å². The minimum Gasteiger partial charge on any atom is -0.462 e. The van der Waals surface area contributed by atoms with E-state index in [1.807, 2.05) is 0 Å². The van der Waals surface area contributed by atoms with Crippen molar-refractivity contribution in [2.24, 2.45) is 0 Å². The fourth-order valence-corrected chi connectivity index (χ4v) is 11.4. The van der Waals surface area contributed by atoms with Crippen LogP contribution in [0.25, 0.3) is 0 Å². The highest BCUT2D eigenvalue weighted by atomic mass is 31.2. The number of allylic oxidation sites excluding steroid dienone is 16. The van der Waals surface area contributed by atoms with Crippen molar-refractivity contribution >= 4 is 39.5 Å². The van der Waals surface area contributed by atoms with Crippen molar-refractivity contribution in [1.29, 1.82) is 0 Å². The van der Waals surface area contributed by atoms with E-state index in [1.54, 1.807) is 0 Å². The number of esters is 4. The van der Waals surface area contributed by atoms with Gasteiger partial charge in [-0.25, -0.2) is 9.13 Å². The lowest BCUT2D eigenvalue weighted by atomic mass is 10.1. The third-order valence-corrected chi connectivity index (χ3v) is 17.4. The Kier molecular flexibility index (Phi) is 66.6. The van der Waals surface area contributed by atoms with Gasteiger partial charge < -0.3 is 33.8 Å². The van der Waals surface area contributed by atoms with Gasteiger partial charge in [-0.05, 0) is 122 Å². The van der Waals surface area contributed by atoms with Crippen molar-refractivity contribution in [1.82, 2.24) is 0 Å². The Morgan fingerprint density at radius 2 is 0.542 bits per heavy atom. The molecular formula is C77H134O17P2. The van der Waals surface area contributed by atoms with Crippen molar-refractivity contribution < 1.29 is 80.2 Å². The number of aliphatic hydroxyl groups is 1. The van der Waals surface area contributed by atoms with Gasteiger partial charge in [0.25, 0.3) is 0 Å². The molecule has 5 unspecified atom stereocenters. The SMILES string of the molecule is CC/C=C\C/C=C\C/C=C\C/C=C\CCCCC(=O)OC(COC(=O)CCCCCCCCC/C=C\C/C=C\C/C=C\CC)COP(=O)(O)OCC(O)COP(=O)(O)OCC(COC(=O)CCCCCCC/C=C\CCCCCC)OC(=O)CCCCCCCCCCCCC. The van der Waals surface area contributed by atoms with Crippen LogP contribution in [-0.2, 0) is 65.4 Å². The van der Waals surface area contributed by atoms with E-state index >= 15 is 0 Å². The number of rotatable bonds is 70. The van der Waals surface area contributed by atoms with Crippen molar-refractivity contribution in [2.75, 3.05) is 39.6 Å². The molecule has 0 rings (SSSR count). The molecule has 0 aliphatic rings. The monoisotopic (exact) mass is 1390 g/mol. The van der Waals surface area contributed by atoms with Gasteiger partial charge in [-0.3, -0.25) is 37.3 Å². The van der Waals surface area contributed by atoms with Crippen LogP contribution < -0.4 is 0 Å². The van der Waals surface area contributed by atoms with Crippen LogP contribution in [0.1, 0.15) is 310 Å². The van der Waals surface area contributed by atoms with Gasteiger partial charge in [0.1, 0.15) is 19.3 Å². The first-order valence-electron chi connectivity index (χ1n) is 37.5. The molecule has 0 spiro atoms. The van der Waals surface area contributed by atoms with Gasteiger partial charge >= 0.3 is 39.5 Å². The summed E-state index contributed by atoms with van der Waals surface area (Å²) in [5.41, 5.74) is 0. The first-order valence-corrected chi connectivity index (χ1v) is 40.5. The Bertz CT molecular complexity index is 2200. The molecule has 0 aromatic rings. The first-order chi connectivity index (χ1) is 46.7. The van der Waals surface area contributed by atoms with Crippen molar-refractivity contribution in [3.8, 4) is 0 Å². The average Bonchev–Trinajstić information content (AvgIpc) is 2.14. The lowest BCUT2D eigenvalue weighted by Crippen LogP contribution is -2.30. The van der Waals surface area contributed by atoms with Gasteiger partial charge in [-0.1, -0.05) is 260 Å². The van der Waals surface area contributed by atoms with Gasteiger partial charge in [-0.15, -0.1) is 0 Å². The molecule has 19 heteroatoms. The number of hydrogen-bond acceptors (Lipinski definition) is 15. The van der Waals surface area contributed by atoms with Gasteiger partial charge in [0, 0.05) is 25.7 Å². The van der Waals surface area contributed by atoms with E-state index in [9.17, 15) is 43.2 Å². The van der Waals surface area contributed by atoms with Crippen LogP contribution >= 0.6 is 15.6 Å². The molecule has 554 valence electrons. The molecule has 0 fully saturated rings. The lowest BCUT2D eigenvalue weighted by Gasteiger charge is -2.21. The third kappa shape index (κ3) is 68.5. The van der Waals surface area contributed by atoms with E-state index < -0.39 is 97.5 Å². The largest absolute Gasteiger partial charge is 0.472 e. The second kappa shape index (κ2) is 69.5. The van der Waals surface area contributed by atoms with Gasteiger partial charge in [0.15, 0.2) is 12.2 Å². The van der Waals surface area contributed by atoms with E-state index in [0.29, 0.717) is 32.1 Å². The maximum atomic E-state index is 13.1. The normalized spacial score (nSPS) is 14.5. The summed E-state index contributed by atoms with van der Waals surface area (Å²) in [5, 5.41) is 10.6. The molecule has 0 radical (unpaired) electrons. The summed E-state index contributed by atoms with van der Waals surface area (Å²) in [7, 11) is -9.95. The molecular weight excluding hydrogens is 1260 g/mol. The van der Waals surface area contributed by atoms with Crippen LogP contribution in [0.15, 0.2) is 97.2 Å². The van der Waals surface area contributed by atoms with Crippen molar-refractivity contribution in [3.05, 3.63) is 97.2 Å². The quantitative estimate of drug-likeness (QED) is 0.0169. The van der Waals surface area contributed by atoms with Gasteiger partial charge in [0.05, 0.1) is 26.4 Å². The molecule has 5 atom stereocenters. The molecule has 0 aromatic heterocycles. The zero-order valence-corrected chi connectivity index (χ0v) is 62.1. The van der Waals surface area contributed by atoms with Crippen LogP contribution in [0.3, 0.4) is 0 Å². The van der Waals surface area contributed by atoms with Gasteiger partial charge in [-0.2, -0.15) is 0 Å². The summed E-state index contributed by atoms with van der Waals surface area (Å²) in [5.74, 6) is -2.23. The van der Waals surface area contributed by atoms with Crippen LogP contribution in [0.5, 0.6) is 0 Å². The van der Waals surface area contributed by atoms with Gasteiger partial charge in [0.2, 0.25) is 0 Å². The highest BCUT2D eigenvalue weighted by Crippen LogP contribution is 2.45. The predicted octanol–water partition coefficient (Wildman–Crippen LogP) is 21.2. The van der Waals surface area contributed by atoms with E-state index in [4.69, 9.17) is 37.0 Å². The maximum Gasteiger partial charge on any atom is 0.472 e. The van der Waals surface area contributed by atoms with Crippen LogP contribution in [-0.4, -0.2) is 96.7 Å². The minimum atomic E-state index is -4.98. The Labute approximate surface area is 582 Å². The molecule has 0 amide bonds. The Balaban J connectivity index is 5.36.